The van der Waals surface area contributed by atoms with E-state index in [2.05, 4.69) is 17.2 Å². The molecular formula is C20H23N3O3S3. The molecule has 0 unspecified atom stereocenters. The lowest BCUT2D eigenvalue weighted by molar-refractivity contribution is -0.117. The van der Waals surface area contributed by atoms with Crippen molar-refractivity contribution in [2.45, 2.75) is 26.8 Å². The molecule has 0 aliphatic rings. The molecule has 0 atom stereocenters. The van der Waals surface area contributed by atoms with Gasteiger partial charge < -0.3 is 10.1 Å². The number of thiophene rings is 2. The number of likely N-dealkylation sites (N-methyl/N-ethyl adjacent to an activating group) is 1. The molecule has 0 aromatic carbocycles. The smallest absolute Gasteiger partial charge is 0.341 e. The van der Waals surface area contributed by atoms with Crippen LogP contribution in [0.2, 0.25) is 0 Å². The largest absolute Gasteiger partial charge is 0.462 e. The van der Waals surface area contributed by atoms with E-state index < -0.39 is 5.97 Å². The van der Waals surface area contributed by atoms with Gasteiger partial charge in [-0.3, -0.25) is 9.69 Å². The molecule has 0 spiro atoms. The van der Waals surface area contributed by atoms with Crippen molar-refractivity contribution in [3.05, 3.63) is 44.5 Å². The van der Waals surface area contributed by atoms with Crippen LogP contribution in [0, 0.1) is 0 Å². The van der Waals surface area contributed by atoms with Crippen LogP contribution in [0.4, 0.5) is 5.00 Å². The highest BCUT2D eigenvalue weighted by Crippen LogP contribution is 2.38. The van der Waals surface area contributed by atoms with Gasteiger partial charge in [-0.1, -0.05) is 13.0 Å². The monoisotopic (exact) mass is 449 g/mol. The molecule has 6 nitrogen and oxygen atoms in total. The summed E-state index contributed by atoms with van der Waals surface area (Å²) in [5, 5.41) is 10.4. The van der Waals surface area contributed by atoms with Crippen LogP contribution in [0.5, 0.6) is 0 Å². The summed E-state index contributed by atoms with van der Waals surface area (Å²) in [5.74, 6) is -0.598. The maximum absolute atomic E-state index is 12.6. The third kappa shape index (κ3) is 5.51. The normalized spacial score (nSPS) is 11.0. The summed E-state index contributed by atoms with van der Waals surface area (Å²) < 4.78 is 5.22. The highest BCUT2D eigenvalue weighted by Gasteiger charge is 2.23. The maximum Gasteiger partial charge on any atom is 0.341 e. The molecule has 9 heteroatoms. The van der Waals surface area contributed by atoms with E-state index in [0.717, 1.165) is 27.6 Å². The number of carbonyl (C=O) groups is 2. The number of carbonyl (C=O) groups excluding carboxylic acids is 2. The van der Waals surface area contributed by atoms with E-state index >= 15 is 0 Å². The number of ether oxygens (including phenoxy) is 1. The number of thiazole rings is 1. The minimum atomic E-state index is -0.421. The summed E-state index contributed by atoms with van der Waals surface area (Å²) in [4.78, 5) is 32.5. The molecule has 3 rings (SSSR count). The molecule has 0 aliphatic heterocycles. The summed E-state index contributed by atoms with van der Waals surface area (Å²) in [6.45, 7) is 4.92. The van der Waals surface area contributed by atoms with Gasteiger partial charge >= 0.3 is 5.97 Å². The van der Waals surface area contributed by atoms with Crippen molar-refractivity contribution in [2.75, 3.05) is 25.5 Å². The minimum Gasteiger partial charge on any atom is -0.462 e. The maximum atomic E-state index is 12.6. The molecule has 3 aromatic rings. The number of nitrogens with one attached hydrogen (secondary N) is 1. The number of hydrogen-bond acceptors (Lipinski definition) is 8. The molecule has 0 bridgehead atoms. The molecule has 1 amide bonds. The van der Waals surface area contributed by atoms with E-state index in [1.165, 1.54) is 11.3 Å². The fourth-order valence-electron chi connectivity index (χ4n) is 2.80. The van der Waals surface area contributed by atoms with Gasteiger partial charge in [0.25, 0.3) is 0 Å². The van der Waals surface area contributed by atoms with Crippen molar-refractivity contribution < 1.29 is 14.3 Å². The number of rotatable bonds is 9. The molecule has 3 heterocycles. The summed E-state index contributed by atoms with van der Waals surface area (Å²) >= 11 is 4.52. The highest BCUT2D eigenvalue weighted by molar-refractivity contribution is 7.17. The second kappa shape index (κ2) is 10.1. The molecule has 3 aromatic heterocycles. The topological polar surface area (TPSA) is 71.5 Å². The van der Waals surface area contributed by atoms with Crippen molar-refractivity contribution in [2.24, 2.45) is 0 Å². The summed E-state index contributed by atoms with van der Waals surface area (Å²) in [5.41, 5.74) is 2.18. The van der Waals surface area contributed by atoms with E-state index in [0.29, 0.717) is 17.1 Å². The highest BCUT2D eigenvalue weighted by atomic mass is 32.1. The van der Waals surface area contributed by atoms with Gasteiger partial charge in [-0.2, -0.15) is 0 Å². The number of esters is 1. The van der Waals surface area contributed by atoms with Crippen molar-refractivity contribution in [3.63, 3.8) is 0 Å². The fraction of sp³-hybridized carbons (Fsp3) is 0.350. The Bertz CT molecular complexity index is 963. The quantitative estimate of drug-likeness (QED) is 0.478. The second-order valence-electron chi connectivity index (χ2n) is 6.36. The first kappa shape index (κ1) is 21.6. The Morgan fingerprint density at radius 3 is 2.69 bits per heavy atom. The van der Waals surface area contributed by atoms with Crippen LogP contribution in [0.15, 0.2) is 28.3 Å². The molecular weight excluding hydrogens is 426 g/mol. The van der Waals surface area contributed by atoms with E-state index in [1.807, 2.05) is 40.2 Å². The van der Waals surface area contributed by atoms with Gasteiger partial charge in [0, 0.05) is 27.7 Å². The van der Waals surface area contributed by atoms with Crippen molar-refractivity contribution in [1.29, 1.82) is 0 Å². The number of aromatic nitrogens is 1. The molecule has 0 saturated heterocycles. The van der Waals surface area contributed by atoms with Crippen LogP contribution in [0.1, 0.15) is 34.9 Å². The zero-order valence-electron chi connectivity index (χ0n) is 16.6. The van der Waals surface area contributed by atoms with Crippen LogP contribution < -0.4 is 5.32 Å². The van der Waals surface area contributed by atoms with Gasteiger partial charge in [0.2, 0.25) is 5.91 Å². The standard InChI is InChI=1S/C20H23N3O3S3/c1-4-17-21-13(11-28-17)9-23(3)10-16(24)22-19-18(20(25)26-5-2)14(12-29-19)15-7-6-8-27-15/h6-8,11-12H,4-5,9-10H2,1-3H3,(H,22,24). The third-order valence-electron chi connectivity index (χ3n) is 4.06. The van der Waals surface area contributed by atoms with Crippen LogP contribution in [0.3, 0.4) is 0 Å². The molecule has 29 heavy (non-hydrogen) atoms. The third-order valence-corrected chi connectivity index (χ3v) is 6.90. The van der Waals surface area contributed by atoms with Gasteiger partial charge in [-0.05, 0) is 31.8 Å². The predicted molar refractivity (Wildman–Crippen MR) is 120 cm³/mol. The van der Waals surface area contributed by atoms with Gasteiger partial charge in [-0.25, -0.2) is 9.78 Å². The average molecular weight is 450 g/mol. The van der Waals surface area contributed by atoms with Crippen LogP contribution >= 0.6 is 34.0 Å². The first-order valence-electron chi connectivity index (χ1n) is 9.25. The van der Waals surface area contributed by atoms with Gasteiger partial charge in [-0.15, -0.1) is 34.0 Å². The molecule has 1 N–H and O–H groups in total. The number of hydrogen-bond donors (Lipinski definition) is 1. The van der Waals surface area contributed by atoms with Gasteiger partial charge in [0.15, 0.2) is 0 Å². The SMILES string of the molecule is CCOC(=O)c1c(-c2cccs2)csc1NC(=O)CN(C)Cc1csc(CC)n1. The Kier molecular flexibility index (Phi) is 7.54. The number of nitrogens with zero attached hydrogens (tertiary/aromatic N) is 2. The zero-order chi connectivity index (χ0) is 20.8. The first-order chi connectivity index (χ1) is 14.0. The molecule has 154 valence electrons. The number of amides is 1. The van der Waals surface area contributed by atoms with E-state index in [4.69, 9.17) is 4.74 Å². The zero-order valence-corrected chi connectivity index (χ0v) is 19.0. The number of aryl methyl sites for hydroxylation is 1. The molecule has 0 radical (unpaired) electrons. The Hall–Kier alpha value is -2.07. The van der Waals surface area contributed by atoms with Crippen LogP contribution in [-0.2, 0) is 22.5 Å². The van der Waals surface area contributed by atoms with Gasteiger partial charge in [0.1, 0.15) is 10.6 Å². The van der Waals surface area contributed by atoms with Crippen LogP contribution in [0.25, 0.3) is 10.4 Å². The summed E-state index contributed by atoms with van der Waals surface area (Å²) in [6.07, 6.45) is 0.913. The molecule has 0 fully saturated rings. The van der Waals surface area contributed by atoms with E-state index in [1.54, 1.807) is 29.6 Å². The Morgan fingerprint density at radius 2 is 2.03 bits per heavy atom. The second-order valence-corrected chi connectivity index (χ2v) is 9.13. The lowest BCUT2D eigenvalue weighted by atomic mass is 10.1. The number of anilines is 1. The van der Waals surface area contributed by atoms with Gasteiger partial charge in [0.05, 0.1) is 23.9 Å². The lowest BCUT2D eigenvalue weighted by Gasteiger charge is -2.15. The lowest BCUT2D eigenvalue weighted by Crippen LogP contribution is -2.30. The Morgan fingerprint density at radius 1 is 1.21 bits per heavy atom. The van der Waals surface area contributed by atoms with Crippen LogP contribution in [-0.4, -0.2) is 42.0 Å². The van der Waals surface area contributed by atoms with Crippen molar-refractivity contribution in [3.8, 4) is 10.4 Å². The Balaban J connectivity index is 1.70. The Labute approximate surface area is 182 Å². The average Bonchev–Trinajstić information content (AvgIpc) is 3.42. The van der Waals surface area contributed by atoms with Crippen molar-refractivity contribution in [1.82, 2.24) is 9.88 Å². The predicted octanol–water partition coefficient (Wildman–Crippen LogP) is 4.74. The molecule has 0 aliphatic carbocycles. The first-order valence-corrected chi connectivity index (χ1v) is 11.9. The fourth-order valence-corrected chi connectivity index (χ4v) is 5.32. The van der Waals surface area contributed by atoms with Crippen molar-refractivity contribution >= 4 is 50.9 Å². The summed E-state index contributed by atoms with van der Waals surface area (Å²) in [7, 11) is 1.88. The molecule has 0 saturated carbocycles. The van der Waals surface area contributed by atoms with E-state index in [-0.39, 0.29) is 19.1 Å². The minimum absolute atomic E-state index is 0.177. The summed E-state index contributed by atoms with van der Waals surface area (Å²) in [6, 6.07) is 3.88. The van der Waals surface area contributed by atoms with E-state index in [9.17, 15) is 9.59 Å².